The highest BCUT2D eigenvalue weighted by Gasteiger charge is 2.29. The van der Waals surface area contributed by atoms with Gasteiger partial charge in [0, 0.05) is 15.0 Å². The summed E-state index contributed by atoms with van der Waals surface area (Å²) < 4.78 is 1.62. The predicted octanol–water partition coefficient (Wildman–Crippen LogP) is 3.63. The van der Waals surface area contributed by atoms with Gasteiger partial charge in [0.1, 0.15) is 0 Å². The van der Waals surface area contributed by atoms with Crippen LogP contribution in [0, 0.1) is 17.2 Å². The molecule has 0 radical (unpaired) electrons. The first-order valence-electron chi connectivity index (χ1n) is 5.77. The fraction of sp³-hybridized carbons (Fsp3) is 0.385. The lowest BCUT2D eigenvalue weighted by molar-refractivity contribution is 0.0932. The van der Waals surface area contributed by atoms with Crippen molar-refractivity contribution in [1.29, 1.82) is 5.26 Å². The van der Waals surface area contributed by atoms with Crippen LogP contribution in [0.25, 0.3) is 0 Å². The van der Waals surface area contributed by atoms with E-state index in [1.165, 1.54) is 0 Å². The summed E-state index contributed by atoms with van der Waals surface area (Å²) in [6.07, 6.45) is 2.76. The first-order chi connectivity index (χ1) is 8.61. The zero-order valence-electron chi connectivity index (χ0n) is 9.62. The molecule has 2 rings (SSSR count). The molecule has 1 saturated carbocycles. The van der Waals surface area contributed by atoms with E-state index in [0.29, 0.717) is 5.56 Å². The minimum Gasteiger partial charge on any atom is -0.348 e. The Labute approximate surface area is 123 Å². The molecule has 2 unspecified atom stereocenters. The Morgan fingerprint density at radius 1 is 1.39 bits per heavy atom. The smallest absolute Gasteiger partial charge is 0.252 e. The van der Waals surface area contributed by atoms with Crippen LogP contribution in [0.5, 0.6) is 0 Å². The topological polar surface area (TPSA) is 52.9 Å². The van der Waals surface area contributed by atoms with Gasteiger partial charge in [-0.2, -0.15) is 5.26 Å². The Hall–Kier alpha value is -0.860. The van der Waals surface area contributed by atoms with Gasteiger partial charge in [-0.05, 0) is 53.4 Å². The average molecular weight is 372 g/mol. The van der Waals surface area contributed by atoms with E-state index < -0.39 is 0 Å². The van der Waals surface area contributed by atoms with Crippen molar-refractivity contribution >= 4 is 37.8 Å². The van der Waals surface area contributed by atoms with Gasteiger partial charge in [-0.3, -0.25) is 4.79 Å². The van der Waals surface area contributed by atoms with E-state index in [0.717, 1.165) is 28.2 Å². The summed E-state index contributed by atoms with van der Waals surface area (Å²) in [5.74, 6) is -0.185. The molecule has 1 aromatic rings. The van der Waals surface area contributed by atoms with Crippen LogP contribution >= 0.6 is 31.9 Å². The van der Waals surface area contributed by atoms with Gasteiger partial charge in [-0.1, -0.05) is 15.9 Å². The molecule has 1 aliphatic carbocycles. The quantitative estimate of drug-likeness (QED) is 0.862. The minimum atomic E-state index is -0.129. The van der Waals surface area contributed by atoms with Crippen LogP contribution in [0.3, 0.4) is 0 Å². The number of carbonyl (C=O) groups excluding carboxylic acids is 1. The van der Waals surface area contributed by atoms with E-state index in [4.69, 9.17) is 5.26 Å². The molecule has 1 N–H and O–H groups in total. The summed E-state index contributed by atoms with van der Waals surface area (Å²) >= 11 is 6.72. The molecule has 0 saturated heterocycles. The Balaban J connectivity index is 2.13. The SMILES string of the molecule is N#CC1CCCC1NC(=O)c1cc(Br)ccc1Br. The van der Waals surface area contributed by atoms with Crippen LogP contribution < -0.4 is 5.32 Å². The first-order valence-corrected chi connectivity index (χ1v) is 7.36. The number of rotatable bonds is 2. The Morgan fingerprint density at radius 2 is 2.17 bits per heavy atom. The van der Waals surface area contributed by atoms with E-state index in [1.54, 1.807) is 6.07 Å². The number of benzene rings is 1. The highest BCUT2D eigenvalue weighted by Crippen LogP contribution is 2.26. The summed E-state index contributed by atoms with van der Waals surface area (Å²) in [5.41, 5.74) is 0.591. The van der Waals surface area contributed by atoms with Crippen molar-refractivity contribution in [3.05, 3.63) is 32.7 Å². The number of hydrogen-bond acceptors (Lipinski definition) is 2. The van der Waals surface area contributed by atoms with Crippen molar-refractivity contribution in [1.82, 2.24) is 5.32 Å². The third-order valence-corrected chi connectivity index (χ3v) is 4.36. The maximum atomic E-state index is 12.2. The molecule has 1 fully saturated rings. The highest BCUT2D eigenvalue weighted by molar-refractivity contribution is 9.11. The van der Waals surface area contributed by atoms with E-state index in [2.05, 4.69) is 43.2 Å². The summed E-state index contributed by atoms with van der Waals surface area (Å²) in [6, 6.07) is 7.71. The van der Waals surface area contributed by atoms with Crippen LogP contribution in [0.15, 0.2) is 27.1 Å². The summed E-state index contributed by atoms with van der Waals surface area (Å²) in [5, 5.41) is 12.0. The van der Waals surface area contributed by atoms with Gasteiger partial charge in [0.15, 0.2) is 0 Å². The molecule has 0 heterocycles. The van der Waals surface area contributed by atoms with Crippen molar-refractivity contribution in [2.24, 2.45) is 5.92 Å². The van der Waals surface area contributed by atoms with E-state index in [-0.39, 0.29) is 17.9 Å². The van der Waals surface area contributed by atoms with Gasteiger partial charge in [-0.25, -0.2) is 0 Å². The molecule has 3 nitrogen and oxygen atoms in total. The third kappa shape index (κ3) is 2.93. The average Bonchev–Trinajstić information content (AvgIpc) is 2.79. The maximum Gasteiger partial charge on any atom is 0.252 e. The van der Waals surface area contributed by atoms with Gasteiger partial charge >= 0.3 is 0 Å². The molecule has 1 amide bonds. The molecule has 2 atom stereocenters. The Kier molecular flexibility index (Phi) is 4.41. The molecule has 94 valence electrons. The normalized spacial score (nSPS) is 22.5. The predicted molar refractivity (Wildman–Crippen MR) is 76.1 cm³/mol. The second-order valence-corrected chi connectivity index (χ2v) is 6.14. The van der Waals surface area contributed by atoms with Gasteiger partial charge in [0.2, 0.25) is 0 Å². The Bertz CT molecular complexity index is 510. The zero-order chi connectivity index (χ0) is 13.1. The molecule has 1 aliphatic rings. The number of nitrogens with zero attached hydrogens (tertiary/aromatic N) is 1. The van der Waals surface area contributed by atoms with Crippen LogP contribution in [0.4, 0.5) is 0 Å². The number of halogens is 2. The van der Waals surface area contributed by atoms with Gasteiger partial charge in [0.05, 0.1) is 17.6 Å². The largest absolute Gasteiger partial charge is 0.348 e. The van der Waals surface area contributed by atoms with Crippen LogP contribution in [-0.4, -0.2) is 11.9 Å². The number of hydrogen-bond donors (Lipinski definition) is 1. The standard InChI is InChI=1S/C13H12Br2N2O/c14-9-4-5-11(15)10(6-9)13(18)17-12-3-1-2-8(12)7-16/h4-6,8,12H,1-3H2,(H,17,18). The fourth-order valence-electron chi connectivity index (χ4n) is 2.20. The lowest BCUT2D eigenvalue weighted by Crippen LogP contribution is -2.37. The molecule has 0 aliphatic heterocycles. The third-order valence-electron chi connectivity index (χ3n) is 3.17. The molecule has 18 heavy (non-hydrogen) atoms. The molecule has 1 aromatic carbocycles. The monoisotopic (exact) mass is 370 g/mol. The number of amides is 1. The van der Waals surface area contributed by atoms with Gasteiger partial charge in [-0.15, -0.1) is 0 Å². The van der Waals surface area contributed by atoms with Crippen molar-refractivity contribution in [2.45, 2.75) is 25.3 Å². The van der Waals surface area contributed by atoms with Crippen LogP contribution in [-0.2, 0) is 0 Å². The molecule has 0 aromatic heterocycles. The van der Waals surface area contributed by atoms with Crippen LogP contribution in [0.2, 0.25) is 0 Å². The van der Waals surface area contributed by atoms with Crippen molar-refractivity contribution in [2.75, 3.05) is 0 Å². The van der Waals surface area contributed by atoms with E-state index in [9.17, 15) is 4.79 Å². The summed E-state index contributed by atoms with van der Waals surface area (Å²) in [7, 11) is 0. The highest BCUT2D eigenvalue weighted by atomic mass is 79.9. The van der Waals surface area contributed by atoms with Gasteiger partial charge in [0.25, 0.3) is 5.91 Å². The lowest BCUT2D eigenvalue weighted by atomic mass is 10.1. The first kappa shape index (κ1) is 13.6. The number of carbonyl (C=O) groups is 1. The van der Waals surface area contributed by atoms with Crippen LogP contribution in [0.1, 0.15) is 29.6 Å². The van der Waals surface area contributed by atoms with Crippen molar-refractivity contribution in [3.63, 3.8) is 0 Å². The molecular formula is C13H12Br2N2O. The second-order valence-electron chi connectivity index (χ2n) is 4.37. The van der Waals surface area contributed by atoms with E-state index in [1.807, 2.05) is 12.1 Å². The van der Waals surface area contributed by atoms with E-state index >= 15 is 0 Å². The second kappa shape index (κ2) is 5.85. The Morgan fingerprint density at radius 3 is 2.89 bits per heavy atom. The maximum absolute atomic E-state index is 12.2. The molecule has 5 heteroatoms. The van der Waals surface area contributed by atoms with Crippen molar-refractivity contribution in [3.8, 4) is 6.07 Å². The number of nitriles is 1. The zero-order valence-corrected chi connectivity index (χ0v) is 12.8. The minimum absolute atomic E-state index is 0.0200. The summed E-state index contributed by atoms with van der Waals surface area (Å²) in [6.45, 7) is 0. The molecule has 0 bridgehead atoms. The fourth-order valence-corrected chi connectivity index (χ4v) is 2.99. The lowest BCUT2D eigenvalue weighted by Gasteiger charge is -2.16. The van der Waals surface area contributed by atoms with Gasteiger partial charge < -0.3 is 5.32 Å². The number of nitrogens with one attached hydrogen (secondary N) is 1. The molecule has 0 spiro atoms. The molecular weight excluding hydrogens is 360 g/mol. The van der Waals surface area contributed by atoms with Crippen molar-refractivity contribution < 1.29 is 4.79 Å². The summed E-state index contributed by atoms with van der Waals surface area (Å²) in [4.78, 5) is 12.2.